The van der Waals surface area contributed by atoms with Crippen molar-refractivity contribution in [2.45, 2.75) is 46.5 Å². The SMILES string of the molecule is CCCCCC(=O)NNc1nc2cc(Cl)ccc2nc1-n1nc(C)cc1C. The molecule has 0 radical (unpaired) electrons. The standard InChI is InChI=1S/C19H23ClN6O/c1-4-5-6-7-17(27)23-24-18-19(26-13(3)10-12(2)25-26)22-15-9-8-14(20)11-16(15)21-18/h8-11H,4-7H2,1-3H3,(H,21,24)(H,23,27). The molecule has 3 rings (SSSR count). The molecule has 7 nitrogen and oxygen atoms in total. The van der Waals surface area contributed by atoms with Gasteiger partial charge in [0.1, 0.15) is 0 Å². The van der Waals surface area contributed by atoms with Crippen molar-refractivity contribution < 1.29 is 4.79 Å². The number of carbonyl (C=O) groups is 1. The first-order valence-electron chi connectivity index (χ1n) is 9.03. The maximum Gasteiger partial charge on any atom is 0.238 e. The van der Waals surface area contributed by atoms with Crippen molar-refractivity contribution in [3.63, 3.8) is 0 Å². The maximum atomic E-state index is 12.1. The van der Waals surface area contributed by atoms with E-state index >= 15 is 0 Å². The van der Waals surface area contributed by atoms with Gasteiger partial charge in [-0.1, -0.05) is 31.4 Å². The highest BCUT2D eigenvalue weighted by Crippen LogP contribution is 2.23. The number of aromatic nitrogens is 4. The number of nitrogens with zero attached hydrogens (tertiary/aromatic N) is 4. The van der Waals surface area contributed by atoms with Gasteiger partial charge in [-0.15, -0.1) is 0 Å². The molecule has 2 heterocycles. The largest absolute Gasteiger partial charge is 0.279 e. The molecule has 0 atom stereocenters. The van der Waals surface area contributed by atoms with Gasteiger partial charge in [-0.05, 0) is 44.5 Å². The Hall–Kier alpha value is -2.67. The third-order valence-corrected chi connectivity index (χ3v) is 4.38. The number of unbranched alkanes of at least 4 members (excludes halogenated alkanes) is 2. The lowest BCUT2D eigenvalue weighted by molar-refractivity contribution is -0.120. The van der Waals surface area contributed by atoms with Crippen molar-refractivity contribution in [3.8, 4) is 5.82 Å². The number of anilines is 1. The van der Waals surface area contributed by atoms with E-state index in [1.807, 2.05) is 26.0 Å². The van der Waals surface area contributed by atoms with E-state index < -0.39 is 0 Å². The number of aryl methyl sites for hydroxylation is 2. The number of halogens is 1. The monoisotopic (exact) mass is 386 g/mol. The van der Waals surface area contributed by atoms with Gasteiger partial charge >= 0.3 is 0 Å². The van der Waals surface area contributed by atoms with E-state index in [1.54, 1.807) is 16.8 Å². The fourth-order valence-electron chi connectivity index (χ4n) is 2.82. The van der Waals surface area contributed by atoms with Crippen molar-refractivity contribution in [1.29, 1.82) is 0 Å². The first kappa shape index (κ1) is 19.1. The molecule has 0 fully saturated rings. The van der Waals surface area contributed by atoms with Gasteiger partial charge in [0, 0.05) is 17.1 Å². The van der Waals surface area contributed by atoms with Crippen LogP contribution < -0.4 is 10.9 Å². The minimum absolute atomic E-state index is 0.0873. The van der Waals surface area contributed by atoms with Gasteiger partial charge in [-0.25, -0.2) is 14.6 Å². The van der Waals surface area contributed by atoms with E-state index in [9.17, 15) is 4.79 Å². The summed E-state index contributed by atoms with van der Waals surface area (Å²) in [5, 5.41) is 5.06. The quantitative estimate of drug-likeness (QED) is 0.471. The number of hydrazine groups is 1. The van der Waals surface area contributed by atoms with Crippen LogP contribution in [0.25, 0.3) is 16.9 Å². The molecule has 8 heteroatoms. The highest BCUT2D eigenvalue weighted by Gasteiger charge is 2.15. The third-order valence-electron chi connectivity index (χ3n) is 4.15. The molecule has 0 spiro atoms. The number of carbonyl (C=O) groups excluding carboxylic acids is 1. The number of benzene rings is 1. The Morgan fingerprint density at radius 3 is 2.67 bits per heavy atom. The molecular weight excluding hydrogens is 364 g/mol. The molecule has 142 valence electrons. The molecule has 0 saturated heterocycles. The third kappa shape index (κ3) is 4.54. The number of fused-ring (bicyclic) bond motifs is 1. The summed E-state index contributed by atoms with van der Waals surface area (Å²) in [5.41, 5.74) is 8.75. The van der Waals surface area contributed by atoms with Crippen LogP contribution in [0.5, 0.6) is 0 Å². The van der Waals surface area contributed by atoms with Gasteiger partial charge in [-0.2, -0.15) is 5.10 Å². The summed E-state index contributed by atoms with van der Waals surface area (Å²) in [4.78, 5) is 21.3. The van der Waals surface area contributed by atoms with Crippen LogP contribution in [0.15, 0.2) is 24.3 Å². The number of rotatable bonds is 7. The van der Waals surface area contributed by atoms with Crippen molar-refractivity contribution in [2.24, 2.45) is 0 Å². The first-order chi connectivity index (χ1) is 13.0. The van der Waals surface area contributed by atoms with Crippen LogP contribution in [0, 0.1) is 13.8 Å². The molecule has 2 N–H and O–H groups in total. The van der Waals surface area contributed by atoms with Gasteiger partial charge in [0.25, 0.3) is 0 Å². The summed E-state index contributed by atoms with van der Waals surface area (Å²) in [5.74, 6) is 0.847. The smallest absolute Gasteiger partial charge is 0.238 e. The van der Waals surface area contributed by atoms with Crippen LogP contribution in [0.3, 0.4) is 0 Å². The molecule has 27 heavy (non-hydrogen) atoms. The fourth-order valence-corrected chi connectivity index (χ4v) is 2.99. The summed E-state index contributed by atoms with van der Waals surface area (Å²) in [6, 6.07) is 7.28. The van der Waals surface area contributed by atoms with E-state index in [1.165, 1.54) is 0 Å². The van der Waals surface area contributed by atoms with E-state index in [0.717, 1.165) is 30.7 Å². The predicted octanol–water partition coefficient (Wildman–Crippen LogP) is 4.11. The van der Waals surface area contributed by atoms with Crippen molar-refractivity contribution in [1.82, 2.24) is 25.2 Å². The Balaban J connectivity index is 1.94. The Labute approximate surface area is 163 Å². The number of nitrogens with one attached hydrogen (secondary N) is 2. The summed E-state index contributed by atoms with van der Waals surface area (Å²) in [6.45, 7) is 5.97. The molecule has 0 aliphatic carbocycles. The Bertz CT molecular complexity index is 968. The van der Waals surface area contributed by atoms with Crippen LogP contribution >= 0.6 is 11.6 Å². The predicted molar refractivity (Wildman–Crippen MR) is 107 cm³/mol. The van der Waals surface area contributed by atoms with E-state index in [0.29, 0.717) is 34.1 Å². The number of amides is 1. The van der Waals surface area contributed by atoms with Crippen molar-refractivity contribution in [2.75, 3.05) is 5.43 Å². The zero-order valence-corrected chi connectivity index (χ0v) is 16.5. The van der Waals surface area contributed by atoms with Crippen molar-refractivity contribution in [3.05, 3.63) is 40.7 Å². The highest BCUT2D eigenvalue weighted by molar-refractivity contribution is 6.31. The van der Waals surface area contributed by atoms with Gasteiger partial charge in [-0.3, -0.25) is 15.6 Å². The maximum absolute atomic E-state index is 12.1. The highest BCUT2D eigenvalue weighted by atomic mass is 35.5. The van der Waals surface area contributed by atoms with Crippen LogP contribution in [0.4, 0.5) is 5.82 Å². The molecule has 0 unspecified atom stereocenters. The zero-order valence-electron chi connectivity index (χ0n) is 15.7. The summed E-state index contributed by atoms with van der Waals surface area (Å²) < 4.78 is 1.71. The zero-order chi connectivity index (χ0) is 19.4. The average Bonchev–Trinajstić information content (AvgIpc) is 2.97. The molecule has 2 aromatic heterocycles. The number of hydrogen-bond acceptors (Lipinski definition) is 5. The van der Waals surface area contributed by atoms with Crippen LogP contribution in [-0.4, -0.2) is 25.7 Å². The Morgan fingerprint density at radius 2 is 1.96 bits per heavy atom. The molecular formula is C19H23ClN6O. The lowest BCUT2D eigenvalue weighted by Gasteiger charge is -2.13. The minimum atomic E-state index is -0.0873. The minimum Gasteiger partial charge on any atom is -0.279 e. The summed E-state index contributed by atoms with van der Waals surface area (Å²) >= 11 is 6.08. The normalized spacial score (nSPS) is 11.0. The van der Waals surface area contributed by atoms with Gasteiger partial charge in [0.05, 0.1) is 16.7 Å². The van der Waals surface area contributed by atoms with Gasteiger partial charge in [0.15, 0.2) is 11.6 Å². The van der Waals surface area contributed by atoms with E-state index in [4.69, 9.17) is 11.6 Å². The molecule has 0 saturated carbocycles. The second-order valence-electron chi connectivity index (χ2n) is 6.50. The molecule has 0 bridgehead atoms. The lowest BCUT2D eigenvalue weighted by atomic mass is 10.2. The summed E-state index contributed by atoms with van der Waals surface area (Å²) in [6.07, 6.45) is 3.41. The van der Waals surface area contributed by atoms with Crippen LogP contribution in [0.1, 0.15) is 44.0 Å². The molecule has 3 aromatic rings. The lowest BCUT2D eigenvalue weighted by Crippen LogP contribution is -2.30. The van der Waals surface area contributed by atoms with Gasteiger partial charge < -0.3 is 0 Å². The fraction of sp³-hybridized carbons (Fsp3) is 0.368. The second-order valence-corrected chi connectivity index (χ2v) is 6.93. The molecule has 0 aliphatic rings. The summed E-state index contributed by atoms with van der Waals surface area (Å²) in [7, 11) is 0. The Morgan fingerprint density at radius 1 is 1.15 bits per heavy atom. The Kier molecular flexibility index (Phi) is 5.91. The van der Waals surface area contributed by atoms with E-state index in [2.05, 4.69) is 32.8 Å². The van der Waals surface area contributed by atoms with E-state index in [-0.39, 0.29) is 5.91 Å². The number of hydrogen-bond donors (Lipinski definition) is 2. The van der Waals surface area contributed by atoms with Crippen LogP contribution in [-0.2, 0) is 4.79 Å². The topological polar surface area (TPSA) is 84.7 Å². The second kappa shape index (κ2) is 8.35. The molecule has 1 amide bonds. The molecule has 1 aromatic carbocycles. The average molecular weight is 387 g/mol. The van der Waals surface area contributed by atoms with Gasteiger partial charge in [0.2, 0.25) is 5.91 Å². The first-order valence-corrected chi connectivity index (χ1v) is 9.41. The molecule has 0 aliphatic heterocycles. The van der Waals surface area contributed by atoms with Crippen LogP contribution in [0.2, 0.25) is 5.02 Å². The van der Waals surface area contributed by atoms with Crippen molar-refractivity contribution >= 4 is 34.4 Å².